The second-order valence-electron chi connectivity index (χ2n) is 3.73. The Kier molecular flexibility index (Phi) is 4.06. The number of benzene rings is 2. The molecule has 0 radical (unpaired) electrons. The van der Waals surface area contributed by atoms with E-state index in [0.717, 1.165) is 4.47 Å². The monoisotopic (exact) mass is 331 g/mol. The molecular weight excluding hydrogens is 326 g/mol. The van der Waals surface area contributed by atoms with Crippen LogP contribution in [0.4, 0.5) is 11.4 Å². The molecule has 92 valence electrons. The average molecular weight is 333 g/mol. The minimum Gasteiger partial charge on any atom is -0.353 e. The third-order valence-corrected chi connectivity index (χ3v) is 3.20. The van der Waals surface area contributed by atoms with Crippen molar-refractivity contribution >= 4 is 38.9 Å². The molecule has 5 heteroatoms. The summed E-state index contributed by atoms with van der Waals surface area (Å²) in [6.45, 7) is 0. The van der Waals surface area contributed by atoms with Crippen LogP contribution in [0.3, 0.4) is 0 Å². The summed E-state index contributed by atoms with van der Waals surface area (Å²) in [5.74, 6) is 0. The Hall–Kier alpha value is -2.01. The van der Waals surface area contributed by atoms with Crippen LogP contribution in [-0.2, 0) is 0 Å². The molecule has 0 aliphatic rings. The lowest BCUT2D eigenvalue weighted by molar-refractivity contribution is 1.43. The van der Waals surface area contributed by atoms with Crippen LogP contribution >= 0.6 is 27.5 Å². The van der Waals surface area contributed by atoms with Crippen LogP contribution in [0.25, 0.3) is 0 Å². The molecular formula is C14H7BrClN3. The van der Waals surface area contributed by atoms with Gasteiger partial charge in [-0.25, -0.2) is 0 Å². The van der Waals surface area contributed by atoms with Gasteiger partial charge in [-0.2, -0.15) is 10.5 Å². The number of rotatable bonds is 2. The third-order valence-electron chi connectivity index (χ3n) is 2.47. The predicted octanol–water partition coefficient (Wildman–Crippen LogP) is 4.59. The number of halogens is 2. The SMILES string of the molecule is N#Cc1cc(Br)ccc1Nc1cc(Cl)ccc1C#N. The Morgan fingerprint density at radius 1 is 0.947 bits per heavy atom. The number of anilines is 2. The summed E-state index contributed by atoms with van der Waals surface area (Å²) in [6, 6.07) is 14.4. The van der Waals surface area contributed by atoms with E-state index >= 15 is 0 Å². The van der Waals surface area contributed by atoms with Crippen LogP contribution in [0, 0.1) is 22.7 Å². The number of hydrogen-bond donors (Lipinski definition) is 1. The van der Waals surface area contributed by atoms with Gasteiger partial charge in [0.25, 0.3) is 0 Å². The molecule has 2 aromatic rings. The molecule has 2 rings (SSSR count). The van der Waals surface area contributed by atoms with Gasteiger partial charge in [-0.1, -0.05) is 27.5 Å². The highest BCUT2D eigenvalue weighted by molar-refractivity contribution is 9.10. The summed E-state index contributed by atoms with van der Waals surface area (Å²) < 4.78 is 0.821. The Labute approximate surface area is 124 Å². The highest BCUT2D eigenvalue weighted by atomic mass is 79.9. The average Bonchev–Trinajstić information content (AvgIpc) is 2.41. The maximum Gasteiger partial charge on any atom is 0.101 e. The molecule has 1 N–H and O–H groups in total. The quantitative estimate of drug-likeness (QED) is 0.875. The second kappa shape index (κ2) is 5.75. The van der Waals surface area contributed by atoms with Crippen molar-refractivity contribution in [2.24, 2.45) is 0 Å². The van der Waals surface area contributed by atoms with E-state index in [0.29, 0.717) is 27.5 Å². The third kappa shape index (κ3) is 3.06. The molecule has 0 spiro atoms. The normalized spacial score (nSPS) is 9.47. The van der Waals surface area contributed by atoms with Crippen molar-refractivity contribution in [3.8, 4) is 12.1 Å². The topological polar surface area (TPSA) is 59.6 Å². The Bertz CT molecular complexity index is 714. The first kappa shape index (κ1) is 13.4. The largest absolute Gasteiger partial charge is 0.353 e. The minimum atomic E-state index is 0.469. The van der Waals surface area contributed by atoms with E-state index in [1.54, 1.807) is 30.3 Å². The fraction of sp³-hybridized carbons (Fsp3) is 0. The van der Waals surface area contributed by atoms with Crippen molar-refractivity contribution < 1.29 is 0 Å². The van der Waals surface area contributed by atoms with Crippen molar-refractivity contribution in [1.82, 2.24) is 0 Å². The van der Waals surface area contributed by atoms with Crippen LogP contribution < -0.4 is 5.32 Å². The fourth-order valence-electron chi connectivity index (χ4n) is 1.58. The first-order chi connectivity index (χ1) is 9.13. The minimum absolute atomic E-state index is 0.469. The maximum absolute atomic E-state index is 9.10. The molecule has 0 heterocycles. The first-order valence-corrected chi connectivity index (χ1v) is 6.47. The summed E-state index contributed by atoms with van der Waals surface area (Å²) in [4.78, 5) is 0. The standard InChI is InChI=1S/C14H7BrClN3/c15-11-2-4-13(10(5-11)8-18)19-14-6-12(16)3-1-9(14)7-17/h1-6,19H. The molecule has 0 unspecified atom stereocenters. The molecule has 0 atom stereocenters. The van der Waals surface area contributed by atoms with Gasteiger partial charge in [0.2, 0.25) is 0 Å². The van der Waals surface area contributed by atoms with Gasteiger partial charge in [-0.3, -0.25) is 0 Å². The van der Waals surface area contributed by atoms with Crippen molar-refractivity contribution in [2.75, 3.05) is 5.32 Å². The zero-order valence-corrected chi connectivity index (χ0v) is 12.0. The van der Waals surface area contributed by atoms with Crippen LogP contribution in [0.5, 0.6) is 0 Å². The molecule has 0 aliphatic heterocycles. The molecule has 0 aliphatic carbocycles. The van der Waals surface area contributed by atoms with Crippen LogP contribution in [-0.4, -0.2) is 0 Å². The Balaban J connectivity index is 2.45. The van der Waals surface area contributed by atoms with E-state index in [9.17, 15) is 0 Å². The van der Waals surface area contributed by atoms with Crippen molar-refractivity contribution in [3.05, 3.63) is 57.0 Å². The summed E-state index contributed by atoms with van der Waals surface area (Å²) in [7, 11) is 0. The van der Waals surface area contributed by atoms with E-state index in [4.69, 9.17) is 22.1 Å². The van der Waals surface area contributed by atoms with Gasteiger partial charge < -0.3 is 5.32 Å². The lowest BCUT2D eigenvalue weighted by atomic mass is 10.1. The first-order valence-electron chi connectivity index (χ1n) is 5.30. The van der Waals surface area contributed by atoms with E-state index in [1.165, 1.54) is 0 Å². The molecule has 0 bridgehead atoms. The van der Waals surface area contributed by atoms with E-state index < -0.39 is 0 Å². The van der Waals surface area contributed by atoms with E-state index in [2.05, 4.69) is 33.4 Å². The summed E-state index contributed by atoms with van der Waals surface area (Å²) in [5, 5.41) is 21.7. The predicted molar refractivity (Wildman–Crippen MR) is 78.3 cm³/mol. The summed E-state index contributed by atoms with van der Waals surface area (Å²) in [6.07, 6.45) is 0. The number of hydrogen-bond acceptors (Lipinski definition) is 3. The Morgan fingerprint density at radius 3 is 2.37 bits per heavy atom. The molecule has 19 heavy (non-hydrogen) atoms. The number of nitriles is 2. The van der Waals surface area contributed by atoms with Gasteiger partial charge in [-0.05, 0) is 36.4 Å². The molecule has 0 fully saturated rings. The number of nitrogens with one attached hydrogen (secondary N) is 1. The lowest BCUT2D eigenvalue weighted by Gasteiger charge is -2.10. The van der Waals surface area contributed by atoms with Gasteiger partial charge in [0.15, 0.2) is 0 Å². The van der Waals surface area contributed by atoms with Crippen LogP contribution in [0.1, 0.15) is 11.1 Å². The fourth-order valence-corrected chi connectivity index (χ4v) is 2.11. The molecule has 0 amide bonds. The van der Waals surface area contributed by atoms with Gasteiger partial charge in [-0.15, -0.1) is 0 Å². The lowest BCUT2D eigenvalue weighted by Crippen LogP contribution is -1.96. The zero-order valence-electron chi connectivity index (χ0n) is 9.61. The van der Waals surface area contributed by atoms with Crippen molar-refractivity contribution in [1.29, 1.82) is 10.5 Å². The molecule has 3 nitrogen and oxygen atoms in total. The van der Waals surface area contributed by atoms with Crippen molar-refractivity contribution in [3.63, 3.8) is 0 Å². The van der Waals surface area contributed by atoms with Gasteiger partial charge >= 0.3 is 0 Å². The zero-order chi connectivity index (χ0) is 13.8. The van der Waals surface area contributed by atoms with Gasteiger partial charge in [0, 0.05) is 9.50 Å². The van der Waals surface area contributed by atoms with Crippen molar-refractivity contribution in [2.45, 2.75) is 0 Å². The summed E-state index contributed by atoms with van der Waals surface area (Å²) in [5.41, 5.74) is 2.16. The second-order valence-corrected chi connectivity index (χ2v) is 5.08. The van der Waals surface area contributed by atoms with E-state index in [-0.39, 0.29) is 0 Å². The molecule has 2 aromatic carbocycles. The number of nitrogens with zero attached hydrogens (tertiary/aromatic N) is 2. The molecule has 0 aromatic heterocycles. The van der Waals surface area contributed by atoms with Gasteiger partial charge in [0.05, 0.1) is 22.5 Å². The highest BCUT2D eigenvalue weighted by Crippen LogP contribution is 2.27. The maximum atomic E-state index is 9.10. The highest BCUT2D eigenvalue weighted by Gasteiger charge is 2.07. The molecule has 0 saturated heterocycles. The summed E-state index contributed by atoms with van der Waals surface area (Å²) >= 11 is 9.23. The van der Waals surface area contributed by atoms with Crippen LogP contribution in [0.15, 0.2) is 40.9 Å². The van der Waals surface area contributed by atoms with Gasteiger partial charge in [0.1, 0.15) is 12.1 Å². The van der Waals surface area contributed by atoms with E-state index in [1.807, 2.05) is 6.07 Å². The molecule has 0 saturated carbocycles. The van der Waals surface area contributed by atoms with Crippen LogP contribution in [0.2, 0.25) is 5.02 Å². The Morgan fingerprint density at radius 2 is 1.68 bits per heavy atom. The smallest absolute Gasteiger partial charge is 0.101 e.